The van der Waals surface area contributed by atoms with E-state index >= 15 is 0 Å². The van der Waals surface area contributed by atoms with Crippen LogP contribution in [0.3, 0.4) is 0 Å². The third-order valence-corrected chi connectivity index (χ3v) is 3.44. The van der Waals surface area contributed by atoms with E-state index in [4.69, 9.17) is 0 Å². The normalized spacial score (nSPS) is 10.6. The maximum atomic E-state index is 14.1. The minimum absolute atomic E-state index is 0.207. The molecule has 3 heteroatoms. The van der Waals surface area contributed by atoms with Crippen molar-refractivity contribution in [2.24, 2.45) is 0 Å². The van der Waals surface area contributed by atoms with Crippen molar-refractivity contribution in [1.82, 2.24) is 5.32 Å². The molecule has 0 aliphatic rings. The molecule has 2 aromatic rings. The summed E-state index contributed by atoms with van der Waals surface area (Å²) in [5.74, 6) is -0.207. The summed E-state index contributed by atoms with van der Waals surface area (Å²) in [6.07, 6.45) is 0. The highest BCUT2D eigenvalue weighted by molar-refractivity contribution is 9.10. The smallest absolute Gasteiger partial charge is 0.145 e. The lowest BCUT2D eigenvalue weighted by molar-refractivity contribution is 0.624. The quantitative estimate of drug-likeness (QED) is 0.884. The molecule has 0 atom stereocenters. The van der Waals surface area contributed by atoms with E-state index in [-0.39, 0.29) is 5.82 Å². The molecule has 2 aromatic carbocycles. The topological polar surface area (TPSA) is 12.0 Å². The number of hydrogen-bond acceptors (Lipinski definition) is 1. The summed E-state index contributed by atoms with van der Waals surface area (Å²) in [4.78, 5) is 0. The lowest BCUT2D eigenvalue weighted by Crippen LogP contribution is -2.12. The monoisotopic (exact) mass is 307 g/mol. The zero-order valence-corrected chi connectivity index (χ0v) is 11.8. The second-order valence-corrected chi connectivity index (χ2v) is 4.89. The first-order chi connectivity index (χ1) is 8.74. The maximum Gasteiger partial charge on any atom is 0.145 e. The van der Waals surface area contributed by atoms with Gasteiger partial charge < -0.3 is 5.32 Å². The Morgan fingerprint density at radius 2 is 1.78 bits per heavy atom. The Bertz CT molecular complexity index is 540. The zero-order valence-electron chi connectivity index (χ0n) is 10.2. The molecule has 0 aliphatic carbocycles. The lowest BCUT2D eigenvalue weighted by atomic mass is 9.99. The van der Waals surface area contributed by atoms with Gasteiger partial charge in [0.1, 0.15) is 5.82 Å². The number of halogens is 2. The Hall–Kier alpha value is -1.19. The van der Waals surface area contributed by atoms with Gasteiger partial charge in [0.15, 0.2) is 0 Å². The summed E-state index contributed by atoms with van der Waals surface area (Å²) in [5, 5.41) is 3.27. The summed E-state index contributed by atoms with van der Waals surface area (Å²) in [5.41, 5.74) is 2.69. The van der Waals surface area contributed by atoms with Gasteiger partial charge in [0.25, 0.3) is 0 Å². The largest absolute Gasteiger partial charge is 0.313 e. The first-order valence-electron chi connectivity index (χ1n) is 5.97. The van der Waals surface area contributed by atoms with Crippen molar-refractivity contribution in [3.63, 3.8) is 0 Å². The second kappa shape index (κ2) is 6.12. The first kappa shape index (κ1) is 13.2. The molecule has 1 nitrogen and oxygen atoms in total. The van der Waals surface area contributed by atoms with E-state index in [0.29, 0.717) is 10.0 Å². The molecule has 0 aliphatic heterocycles. The third-order valence-electron chi connectivity index (χ3n) is 2.82. The Kier molecular flexibility index (Phi) is 4.50. The van der Waals surface area contributed by atoms with Crippen molar-refractivity contribution in [2.45, 2.75) is 13.5 Å². The van der Waals surface area contributed by atoms with E-state index in [9.17, 15) is 4.39 Å². The summed E-state index contributed by atoms with van der Waals surface area (Å²) in [6.45, 7) is 3.70. The van der Waals surface area contributed by atoms with Crippen molar-refractivity contribution in [3.8, 4) is 11.1 Å². The molecule has 1 N–H and O–H groups in total. The van der Waals surface area contributed by atoms with Crippen molar-refractivity contribution >= 4 is 15.9 Å². The minimum Gasteiger partial charge on any atom is -0.313 e. The summed E-state index contributed by atoms with van der Waals surface area (Å²) in [7, 11) is 0. The average Bonchev–Trinajstić information content (AvgIpc) is 2.40. The summed E-state index contributed by atoms with van der Waals surface area (Å²) in [6, 6.07) is 13.3. The third kappa shape index (κ3) is 2.79. The highest BCUT2D eigenvalue weighted by atomic mass is 79.9. The molecule has 0 saturated carbocycles. The van der Waals surface area contributed by atoms with Gasteiger partial charge in [-0.2, -0.15) is 0 Å². The Morgan fingerprint density at radius 3 is 2.56 bits per heavy atom. The van der Waals surface area contributed by atoms with Crippen LogP contribution in [0.1, 0.15) is 12.5 Å². The molecule has 0 spiro atoms. The van der Waals surface area contributed by atoms with Gasteiger partial charge in [-0.3, -0.25) is 0 Å². The zero-order chi connectivity index (χ0) is 13.0. The van der Waals surface area contributed by atoms with E-state index in [1.165, 1.54) is 0 Å². The predicted molar refractivity (Wildman–Crippen MR) is 76.9 cm³/mol. The molecule has 0 fully saturated rings. The standard InChI is InChI=1S/C15H15BrFN/c1-2-18-10-11-6-3-4-7-12(11)13-8-5-9-14(16)15(13)17/h3-9,18H,2,10H2,1H3. The van der Waals surface area contributed by atoms with E-state index in [2.05, 4.69) is 28.2 Å². The molecule has 0 aromatic heterocycles. The number of hydrogen-bond donors (Lipinski definition) is 1. The molecule has 0 unspecified atom stereocenters. The van der Waals surface area contributed by atoms with Gasteiger partial charge in [0.05, 0.1) is 4.47 Å². The lowest BCUT2D eigenvalue weighted by Gasteiger charge is -2.11. The minimum atomic E-state index is -0.207. The summed E-state index contributed by atoms with van der Waals surface area (Å²) >= 11 is 3.23. The van der Waals surface area contributed by atoms with Crippen LogP contribution in [0.2, 0.25) is 0 Å². The fourth-order valence-electron chi connectivity index (χ4n) is 1.91. The highest BCUT2D eigenvalue weighted by Crippen LogP contribution is 2.30. The second-order valence-electron chi connectivity index (χ2n) is 4.04. The maximum absolute atomic E-state index is 14.1. The molecule has 94 valence electrons. The van der Waals surface area contributed by atoms with Gasteiger partial charge in [0, 0.05) is 12.1 Å². The van der Waals surface area contributed by atoms with Gasteiger partial charge >= 0.3 is 0 Å². The molecule has 0 bridgehead atoms. The molecule has 2 rings (SSSR count). The van der Waals surface area contributed by atoms with Crippen molar-refractivity contribution in [3.05, 3.63) is 58.3 Å². The van der Waals surface area contributed by atoms with Crippen molar-refractivity contribution < 1.29 is 4.39 Å². The Labute approximate surface area is 115 Å². The Morgan fingerprint density at radius 1 is 1.06 bits per heavy atom. The summed E-state index contributed by atoms with van der Waals surface area (Å²) < 4.78 is 14.6. The fourth-order valence-corrected chi connectivity index (χ4v) is 2.27. The number of nitrogens with one attached hydrogen (secondary N) is 1. The molecule has 0 radical (unpaired) electrons. The Balaban J connectivity index is 2.46. The van der Waals surface area contributed by atoms with Crippen LogP contribution in [0.15, 0.2) is 46.9 Å². The van der Waals surface area contributed by atoms with Crippen molar-refractivity contribution in [2.75, 3.05) is 6.54 Å². The van der Waals surface area contributed by atoms with E-state index < -0.39 is 0 Å². The van der Waals surface area contributed by atoms with E-state index in [1.54, 1.807) is 6.07 Å². The van der Waals surface area contributed by atoms with Crippen LogP contribution in [-0.4, -0.2) is 6.54 Å². The van der Waals surface area contributed by atoms with Crippen LogP contribution in [0.25, 0.3) is 11.1 Å². The molecule has 18 heavy (non-hydrogen) atoms. The van der Waals surface area contributed by atoms with Crippen LogP contribution >= 0.6 is 15.9 Å². The van der Waals surface area contributed by atoms with Crippen LogP contribution in [-0.2, 0) is 6.54 Å². The van der Waals surface area contributed by atoms with Crippen molar-refractivity contribution in [1.29, 1.82) is 0 Å². The number of benzene rings is 2. The fraction of sp³-hybridized carbons (Fsp3) is 0.200. The van der Waals surface area contributed by atoms with Crippen LogP contribution < -0.4 is 5.32 Å². The molecule has 0 heterocycles. The van der Waals surface area contributed by atoms with Gasteiger partial charge in [-0.25, -0.2) is 4.39 Å². The highest BCUT2D eigenvalue weighted by Gasteiger charge is 2.11. The predicted octanol–water partition coefficient (Wildman–Crippen LogP) is 4.36. The van der Waals surface area contributed by atoms with E-state index in [0.717, 1.165) is 24.2 Å². The average molecular weight is 308 g/mol. The van der Waals surface area contributed by atoms with Crippen LogP contribution in [0.4, 0.5) is 4.39 Å². The molecule has 0 amide bonds. The van der Waals surface area contributed by atoms with Crippen LogP contribution in [0.5, 0.6) is 0 Å². The van der Waals surface area contributed by atoms with Gasteiger partial charge in [-0.15, -0.1) is 0 Å². The van der Waals surface area contributed by atoms with Crippen LogP contribution in [0, 0.1) is 5.82 Å². The molecule has 0 saturated heterocycles. The SMILES string of the molecule is CCNCc1ccccc1-c1cccc(Br)c1F. The van der Waals surface area contributed by atoms with Gasteiger partial charge in [-0.05, 0) is 39.7 Å². The number of rotatable bonds is 4. The molecular formula is C15H15BrFN. The van der Waals surface area contributed by atoms with Gasteiger partial charge in [-0.1, -0.05) is 43.3 Å². The van der Waals surface area contributed by atoms with E-state index in [1.807, 2.05) is 36.4 Å². The first-order valence-corrected chi connectivity index (χ1v) is 6.76. The molecular weight excluding hydrogens is 293 g/mol. The van der Waals surface area contributed by atoms with Gasteiger partial charge in [0.2, 0.25) is 0 Å².